The molecule has 0 aliphatic rings. The van der Waals surface area contributed by atoms with E-state index in [9.17, 15) is 14.3 Å². The van der Waals surface area contributed by atoms with Crippen LogP contribution in [0.25, 0.3) is 0 Å². The molecule has 1 aromatic carbocycles. The van der Waals surface area contributed by atoms with E-state index in [-0.39, 0.29) is 22.5 Å². The van der Waals surface area contributed by atoms with Crippen molar-refractivity contribution in [2.75, 3.05) is 6.54 Å². The minimum atomic E-state index is -0.578. The van der Waals surface area contributed by atoms with Crippen LogP contribution in [0.5, 0.6) is 0 Å². The molecule has 0 aliphatic carbocycles. The quantitative estimate of drug-likeness (QED) is 0.841. The van der Waals surface area contributed by atoms with Crippen molar-refractivity contribution in [3.05, 3.63) is 34.1 Å². The molecular formula is C14H19BrFNO2. The second-order valence-electron chi connectivity index (χ2n) is 4.46. The maximum atomic E-state index is 13.3. The lowest BCUT2D eigenvalue weighted by molar-refractivity contribution is 0.0816. The van der Waals surface area contributed by atoms with Crippen LogP contribution in [0, 0.1) is 11.7 Å². The van der Waals surface area contributed by atoms with Gasteiger partial charge in [0.2, 0.25) is 0 Å². The van der Waals surface area contributed by atoms with Crippen molar-refractivity contribution in [3.8, 4) is 0 Å². The summed E-state index contributed by atoms with van der Waals surface area (Å²) in [5, 5.41) is 12.6. The minimum Gasteiger partial charge on any atom is -0.391 e. The molecule has 106 valence electrons. The molecule has 0 fully saturated rings. The van der Waals surface area contributed by atoms with Crippen LogP contribution < -0.4 is 5.32 Å². The van der Waals surface area contributed by atoms with Crippen molar-refractivity contribution in [3.63, 3.8) is 0 Å². The zero-order valence-electron chi connectivity index (χ0n) is 11.1. The molecule has 0 saturated carbocycles. The molecule has 0 heterocycles. The summed E-state index contributed by atoms with van der Waals surface area (Å²) in [4.78, 5) is 11.9. The van der Waals surface area contributed by atoms with E-state index in [2.05, 4.69) is 21.2 Å². The normalized spacial score (nSPS) is 12.5. The fourth-order valence-corrected chi connectivity index (χ4v) is 2.42. The number of hydrogen-bond acceptors (Lipinski definition) is 2. The first kappa shape index (κ1) is 16.1. The molecule has 1 aromatic rings. The molecular weight excluding hydrogens is 313 g/mol. The number of hydrogen-bond donors (Lipinski definition) is 2. The lowest BCUT2D eigenvalue weighted by atomic mass is 9.96. The Morgan fingerprint density at radius 2 is 2.05 bits per heavy atom. The molecule has 1 amide bonds. The van der Waals surface area contributed by atoms with Gasteiger partial charge in [0.25, 0.3) is 5.91 Å². The van der Waals surface area contributed by atoms with Gasteiger partial charge in [-0.1, -0.05) is 32.8 Å². The van der Waals surface area contributed by atoms with E-state index in [4.69, 9.17) is 0 Å². The molecule has 3 nitrogen and oxygen atoms in total. The number of carbonyl (C=O) groups excluding carboxylic acids is 1. The van der Waals surface area contributed by atoms with E-state index >= 15 is 0 Å². The molecule has 0 aliphatic heterocycles. The maximum absolute atomic E-state index is 13.3. The smallest absolute Gasteiger partial charge is 0.252 e. The van der Waals surface area contributed by atoms with E-state index in [1.54, 1.807) is 0 Å². The molecule has 1 unspecified atom stereocenters. The zero-order valence-corrected chi connectivity index (χ0v) is 12.7. The molecule has 0 spiro atoms. The molecule has 0 radical (unpaired) electrons. The van der Waals surface area contributed by atoms with Crippen LogP contribution in [-0.2, 0) is 0 Å². The van der Waals surface area contributed by atoms with Crippen LogP contribution in [0.3, 0.4) is 0 Å². The summed E-state index contributed by atoms with van der Waals surface area (Å²) in [6.45, 7) is 4.18. The lowest BCUT2D eigenvalue weighted by Crippen LogP contribution is -2.36. The Labute approximate surface area is 121 Å². The molecule has 0 saturated heterocycles. The third-order valence-electron chi connectivity index (χ3n) is 3.26. The van der Waals surface area contributed by atoms with E-state index in [0.717, 1.165) is 12.8 Å². The summed E-state index contributed by atoms with van der Waals surface area (Å²) in [5.74, 6) is -0.708. The fraction of sp³-hybridized carbons (Fsp3) is 0.500. The number of halogens is 2. The molecule has 1 rings (SSSR count). The Kier molecular flexibility index (Phi) is 6.45. The van der Waals surface area contributed by atoms with E-state index in [1.165, 1.54) is 18.2 Å². The minimum absolute atomic E-state index is 0.143. The predicted molar refractivity (Wildman–Crippen MR) is 76.5 cm³/mol. The van der Waals surface area contributed by atoms with Crippen LogP contribution in [0.1, 0.15) is 37.0 Å². The average molecular weight is 332 g/mol. The Bertz CT molecular complexity index is 435. The van der Waals surface area contributed by atoms with Crippen LogP contribution in [0.15, 0.2) is 22.7 Å². The van der Waals surface area contributed by atoms with Gasteiger partial charge in [0, 0.05) is 6.54 Å². The van der Waals surface area contributed by atoms with Crippen LogP contribution in [0.4, 0.5) is 4.39 Å². The van der Waals surface area contributed by atoms with Crippen molar-refractivity contribution >= 4 is 21.8 Å². The van der Waals surface area contributed by atoms with Gasteiger partial charge in [-0.25, -0.2) is 4.39 Å². The van der Waals surface area contributed by atoms with Gasteiger partial charge in [-0.3, -0.25) is 4.79 Å². The Morgan fingerprint density at radius 3 is 2.63 bits per heavy atom. The second-order valence-corrected chi connectivity index (χ2v) is 5.25. The number of aliphatic hydroxyl groups is 1. The third kappa shape index (κ3) is 4.28. The molecule has 1 atom stereocenters. The first-order valence-corrected chi connectivity index (χ1v) is 7.20. The van der Waals surface area contributed by atoms with Crippen LogP contribution in [-0.4, -0.2) is 23.7 Å². The number of rotatable bonds is 6. The predicted octanol–water partition coefficient (Wildman–Crippen LogP) is 3.12. The molecule has 0 aromatic heterocycles. The Hall–Kier alpha value is -0.940. The summed E-state index contributed by atoms with van der Waals surface area (Å²) in [5.41, 5.74) is 0.233. The monoisotopic (exact) mass is 331 g/mol. The van der Waals surface area contributed by atoms with E-state index < -0.39 is 17.8 Å². The first-order chi connectivity index (χ1) is 9.01. The van der Waals surface area contributed by atoms with Crippen molar-refractivity contribution < 1.29 is 14.3 Å². The third-order valence-corrected chi connectivity index (χ3v) is 4.07. The lowest BCUT2D eigenvalue weighted by Gasteiger charge is -2.20. The van der Waals surface area contributed by atoms with Gasteiger partial charge in [0.1, 0.15) is 5.82 Å². The van der Waals surface area contributed by atoms with Crippen molar-refractivity contribution in [2.45, 2.75) is 32.8 Å². The van der Waals surface area contributed by atoms with Gasteiger partial charge in [0.05, 0.1) is 16.1 Å². The topological polar surface area (TPSA) is 49.3 Å². The van der Waals surface area contributed by atoms with Crippen LogP contribution in [0.2, 0.25) is 0 Å². The number of benzene rings is 1. The van der Waals surface area contributed by atoms with Gasteiger partial charge < -0.3 is 10.4 Å². The summed E-state index contributed by atoms with van der Waals surface area (Å²) >= 11 is 3.05. The van der Waals surface area contributed by atoms with Crippen LogP contribution >= 0.6 is 15.9 Å². The number of nitrogens with one attached hydrogen (secondary N) is 1. The van der Waals surface area contributed by atoms with Gasteiger partial charge in [0.15, 0.2) is 0 Å². The Morgan fingerprint density at radius 1 is 1.42 bits per heavy atom. The Balaban J connectivity index is 2.63. The SMILES string of the molecule is CCC(CC)C(O)CNC(=O)c1cccc(F)c1Br. The summed E-state index contributed by atoms with van der Waals surface area (Å²) < 4.78 is 13.4. The van der Waals surface area contributed by atoms with Gasteiger partial charge >= 0.3 is 0 Å². The first-order valence-electron chi connectivity index (χ1n) is 6.41. The van der Waals surface area contributed by atoms with Gasteiger partial charge in [-0.15, -0.1) is 0 Å². The highest BCUT2D eigenvalue weighted by Crippen LogP contribution is 2.20. The highest BCUT2D eigenvalue weighted by Gasteiger charge is 2.18. The molecule has 2 N–H and O–H groups in total. The highest BCUT2D eigenvalue weighted by molar-refractivity contribution is 9.10. The second kappa shape index (κ2) is 7.60. The van der Waals surface area contributed by atoms with Crippen molar-refractivity contribution in [2.24, 2.45) is 5.92 Å². The summed E-state index contributed by atoms with van der Waals surface area (Å²) in [7, 11) is 0. The number of carbonyl (C=O) groups is 1. The number of amides is 1. The summed E-state index contributed by atoms with van der Waals surface area (Å²) in [6, 6.07) is 4.29. The highest BCUT2D eigenvalue weighted by atomic mass is 79.9. The number of aliphatic hydroxyl groups excluding tert-OH is 1. The summed E-state index contributed by atoms with van der Waals surface area (Å²) in [6.07, 6.45) is 1.14. The van der Waals surface area contributed by atoms with Crippen molar-refractivity contribution in [1.82, 2.24) is 5.32 Å². The largest absolute Gasteiger partial charge is 0.391 e. The van der Waals surface area contributed by atoms with E-state index in [1.807, 2.05) is 13.8 Å². The molecule has 0 bridgehead atoms. The molecule has 5 heteroatoms. The molecule has 19 heavy (non-hydrogen) atoms. The van der Waals surface area contributed by atoms with E-state index in [0.29, 0.717) is 0 Å². The average Bonchev–Trinajstić information content (AvgIpc) is 2.40. The standard InChI is InChI=1S/C14H19BrFNO2/c1-3-9(4-2)12(18)8-17-14(19)10-6-5-7-11(16)13(10)15/h5-7,9,12,18H,3-4,8H2,1-2H3,(H,17,19). The van der Waals surface area contributed by atoms with Gasteiger partial charge in [-0.2, -0.15) is 0 Å². The fourth-order valence-electron chi connectivity index (χ4n) is 1.97. The maximum Gasteiger partial charge on any atom is 0.252 e. The van der Waals surface area contributed by atoms with Gasteiger partial charge in [-0.05, 0) is 34.0 Å². The van der Waals surface area contributed by atoms with Crippen molar-refractivity contribution in [1.29, 1.82) is 0 Å². The zero-order chi connectivity index (χ0) is 14.4.